The highest BCUT2D eigenvalue weighted by Gasteiger charge is 2.19. The van der Waals surface area contributed by atoms with E-state index in [4.69, 9.17) is 0 Å². The normalized spacial score (nSPS) is 14.3. The van der Waals surface area contributed by atoms with Crippen molar-refractivity contribution >= 4 is 0 Å². The van der Waals surface area contributed by atoms with Crippen molar-refractivity contribution in [1.82, 2.24) is 15.1 Å². The second kappa shape index (κ2) is 5.97. The van der Waals surface area contributed by atoms with Crippen LogP contribution in [-0.4, -0.2) is 39.7 Å². The van der Waals surface area contributed by atoms with Crippen LogP contribution < -0.4 is 5.32 Å². The molecule has 3 N–H and O–H groups in total. The third-order valence-corrected chi connectivity index (χ3v) is 2.99. The Morgan fingerprint density at radius 1 is 1.37 bits per heavy atom. The van der Waals surface area contributed by atoms with Gasteiger partial charge in [-0.2, -0.15) is 5.10 Å². The molecule has 0 amide bonds. The zero-order valence-electron chi connectivity index (χ0n) is 11.1. The van der Waals surface area contributed by atoms with Crippen LogP contribution in [0, 0.1) is 6.92 Å². The van der Waals surface area contributed by atoms with Crippen LogP contribution in [0.2, 0.25) is 0 Å². The maximum Gasteiger partial charge on any atom is 0.109 e. The van der Waals surface area contributed by atoms with E-state index in [1.165, 1.54) is 0 Å². The first-order valence-electron chi connectivity index (χ1n) is 6.24. The van der Waals surface area contributed by atoms with Crippen molar-refractivity contribution in [1.29, 1.82) is 0 Å². The van der Waals surface area contributed by atoms with Crippen molar-refractivity contribution in [2.45, 2.75) is 19.1 Å². The topological polar surface area (TPSA) is 70.3 Å². The molecule has 0 saturated carbocycles. The van der Waals surface area contributed by atoms with Gasteiger partial charge in [0, 0.05) is 18.3 Å². The first-order chi connectivity index (χ1) is 9.11. The third-order valence-electron chi connectivity index (χ3n) is 2.99. The molecule has 0 saturated heterocycles. The zero-order valence-corrected chi connectivity index (χ0v) is 11.1. The van der Waals surface area contributed by atoms with Crippen LogP contribution in [0.25, 0.3) is 5.69 Å². The predicted octanol–water partition coefficient (Wildman–Crippen LogP) is 0.794. The number of hydrogen-bond acceptors (Lipinski definition) is 4. The molecule has 2 aromatic rings. The summed E-state index contributed by atoms with van der Waals surface area (Å²) in [5, 5.41) is 26.8. The monoisotopic (exact) mass is 261 g/mol. The molecular weight excluding hydrogens is 242 g/mol. The van der Waals surface area contributed by atoms with Gasteiger partial charge in [-0.1, -0.05) is 12.1 Å². The van der Waals surface area contributed by atoms with Gasteiger partial charge in [0.15, 0.2) is 0 Å². The Morgan fingerprint density at radius 2 is 2.16 bits per heavy atom. The SMILES string of the molecule is CNCC(O)C(O)c1cnn(-c2cccc(C)c2)c1. The van der Waals surface area contributed by atoms with E-state index in [0.717, 1.165) is 11.3 Å². The van der Waals surface area contributed by atoms with Crippen LogP contribution in [0.5, 0.6) is 0 Å². The molecular formula is C14H19N3O2. The quantitative estimate of drug-likeness (QED) is 0.744. The number of aliphatic hydroxyl groups is 2. The predicted molar refractivity (Wildman–Crippen MR) is 73.2 cm³/mol. The molecule has 19 heavy (non-hydrogen) atoms. The molecule has 0 bridgehead atoms. The fourth-order valence-corrected chi connectivity index (χ4v) is 1.94. The molecule has 1 aromatic carbocycles. The standard InChI is InChI=1S/C14H19N3O2/c1-10-4-3-5-12(6-10)17-9-11(7-16-17)14(19)13(18)8-15-2/h3-7,9,13-15,18-19H,8H2,1-2H3. The van der Waals surface area contributed by atoms with Gasteiger partial charge in [-0.15, -0.1) is 0 Å². The molecule has 102 valence electrons. The summed E-state index contributed by atoms with van der Waals surface area (Å²) < 4.78 is 1.69. The number of nitrogens with one attached hydrogen (secondary N) is 1. The fourth-order valence-electron chi connectivity index (χ4n) is 1.94. The summed E-state index contributed by atoms with van der Waals surface area (Å²) >= 11 is 0. The minimum atomic E-state index is -0.939. The summed E-state index contributed by atoms with van der Waals surface area (Å²) in [6, 6.07) is 7.92. The maximum absolute atomic E-state index is 9.99. The first kappa shape index (κ1) is 13.7. The van der Waals surface area contributed by atoms with E-state index in [1.807, 2.05) is 31.2 Å². The Kier molecular flexibility index (Phi) is 4.31. The zero-order chi connectivity index (χ0) is 13.8. The summed E-state index contributed by atoms with van der Waals surface area (Å²) in [4.78, 5) is 0. The molecule has 0 fully saturated rings. The highest BCUT2D eigenvalue weighted by molar-refractivity contribution is 5.35. The van der Waals surface area contributed by atoms with Gasteiger partial charge in [0.1, 0.15) is 6.10 Å². The summed E-state index contributed by atoms with van der Waals surface area (Å²) in [5.74, 6) is 0. The van der Waals surface area contributed by atoms with Crippen molar-refractivity contribution in [2.24, 2.45) is 0 Å². The van der Waals surface area contributed by atoms with E-state index in [9.17, 15) is 10.2 Å². The van der Waals surface area contributed by atoms with Crippen molar-refractivity contribution in [3.05, 3.63) is 47.8 Å². The van der Waals surface area contributed by atoms with Gasteiger partial charge < -0.3 is 15.5 Å². The number of benzene rings is 1. The van der Waals surface area contributed by atoms with Crippen LogP contribution in [0.15, 0.2) is 36.7 Å². The summed E-state index contributed by atoms with van der Waals surface area (Å²) in [5.41, 5.74) is 2.68. The van der Waals surface area contributed by atoms with Gasteiger partial charge in [-0.05, 0) is 31.7 Å². The Bertz CT molecular complexity index is 539. The second-order valence-corrected chi connectivity index (χ2v) is 4.63. The number of likely N-dealkylation sites (N-methyl/N-ethyl adjacent to an activating group) is 1. The van der Waals surface area contributed by atoms with Crippen LogP contribution in [0.3, 0.4) is 0 Å². The average Bonchev–Trinajstić information content (AvgIpc) is 2.87. The summed E-state index contributed by atoms with van der Waals surface area (Å²) in [6.07, 6.45) is 1.52. The molecule has 5 nitrogen and oxygen atoms in total. The van der Waals surface area contributed by atoms with Gasteiger partial charge in [0.25, 0.3) is 0 Å². The van der Waals surface area contributed by atoms with E-state index < -0.39 is 12.2 Å². The molecule has 1 heterocycles. The fraction of sp³-hybridized carbons (Fsp3) is 0.357. The highest BCUT2D eigenvalue weighted by Crippen LogP contribution is 2.18. The number of hydrogen-bond donors (Lipinski definition) is 3. The van der Waals surface area contributed by atoms with E-state index in [2.05, 4.69) is 10.4 Å². The van der Waals surface area contributed by atoms with Gasteiger partial charge >= 0.3 is 0 Å². The first-order valence-corrected chi connectivity index (χ1v) is 6.24. The van der Waals surface area contributed by atoms with E-state index in [0.29, 0.717) is 12.1 Å². The van der Waals surface area contributed by atoms with E-state index in [-0.39, 0.29) is 0 Å². The number of aliphatic hydroxyl groups excluding tert-OH is 2. The minimum Gasteiger partial charge on any atom is -0.389 e. The Balaban J connectivity index is 2.19. The van der Waals surface area contributed by atoms with Crippen molar-refractivity contribution < 1.29 is 10.2 Å². The lowest BCUT2D eigenvalue weighted by Gasteiger charge is -2.15. The van der Waals surface area contributed by atoms with Gasteiger partial charge in [0.05, 0.1) is 18.0 Å². The largest absolute Gasteiger partial charge is 0.389 e. The Labute approximate surface area is 112 Å². The number of nitrogens with zero attached hydrogens (tertiary/aromatic N) is 2. The molecule has 0 aliphatic carbocycles. The van der Waals surface area contributed by atoms with E-state index >= 15 is 0 Å². The molecule has 0 radical (unpaired) electrons. The second-order valence-electron chi connectivity index (χ2n) is 4.63. The van der Waals surface area contributed by atoms with Crippen LogP contribution >= 0.6 is 0 Å². The molecule has 2 atom stereocenters. The van der Waals surface area contributed by atoms with Crippen LogP contribution in [0.4, 0.5) is 0 Å². The summed E-state index contributed by atoms with van der Waals surface area (Å²) in [7, 11) is 1.73. The number of aromatic nitrogens is 2. The molecule has 0 aliphatic heterocycles. The van der Waals surface area contributed by atoms with Gasteiger partial charge in [-0.3, -0.25) is 0 Å². The van der Waals surface area contributed by atoms with E-state index in [1.54, 1.807) is 24.1 Å². The number of aryl methyl sites for hydroxylation is 1. The Hall–Kier alpha value is -1.69. The van der Waals surface area contributed by atoms with Crippen molar-refractivity contribution in [3.8, 4) is 5.69 Å². The average molecular weight is 261 g/mol. The van der Waals surface area contributed by atoms with Crippen LogP contribution in [-0.2, 0) is 0 Å². The number of rotatable bonds is 5. The summed E-state index contributed by atoms with van der Waals surface area (Å²) in [6.45, 7) is 2.34. The molecule has 0 aliphatic rings. The molecule has 2 unspecified atom stereocenters. The smallest absolute Gasteiger partial charge is 0.109 e. The highest BCUT2D eigenvalue weighted by atomic mass is 16.3. The molecule has 5 heteroatoms. The van der Waals surface area contributed by atoms with Crippen LogP contribution in [0.1, 0.15) is 17.2 Å². The Morgan fingerprint density at radius 3 is 2.84 bits per heavy atom. The molecule has 2 rings (SSSR count). The maximum atomic E-state index is 9.99. The van der Waals surface area contributed by atoms with Gasteiger partial charge in [-0.25, -0.2) is 4.68 Å². The van der Waals surface area contributed by atoms with Gasteiger partial charge in [0.2, 0.25) is 0 Å². The lowest BCUT2D eigenvalue weighted by atomic mass is 10.1. The lowest BCUT2D eigenvalue weighted by Crippen LogP contribution is -2.29. The molecule has 0 spiro atoms. The third kappa shape index (κ3) is 3.20. The molecule has 1 aromatic heterocycles. The van der Waals surface area contributed by atoms with Crippen molar-refractivity contribution in [3.63, 3.8) is 0 Å². The lowest BCUT2D eigenvalue weighted by molar-refractivity contribution is 0.0202. The van der Waals surface area contributed by atoms with Crippen molar-refractivity contribution in [2.75, 3.05) is 13.6 Å². The minimum absolute atomic E-state index is 0.330.